The molecule has 0 aliphatic heterocycles. The number of nitrogens with zero attached hydrogens (tertiary/aromatic N) is 3. The van der Waals surface area contributed by atoms with Gasteiger partial charge in [-0.2, -0.15) is 0 Å². The molecule has 1 aromatic heterocycles. The van der Waals surface area contributed by atoms with Crippen LogP contribution in [0.2, 0.25) is 0 Å². The van der Waals surface area contributed by atoms with Gasteiger partial charge in [-0.25, -0.2) is 9.98 Å². The number of ether oxygens (including phenoxy) is 1. The number of aliphatic imine (C=N–C) groups is 1. The molecule has 0 saturated carbocycles. The third-order valence-corrected chi connectivity index (χ3v) is 3.63. The molecular weight excluding hydrogens is 314 g/mol. The molecular formula is C19H27N5O. The van der Waals surface area contributed by atoms with Crippen molar-refractivity contribution in [1.82, 2.24) is 15.6 Å². The number of guanidine groups is 1. The second-order valence-corrected chi connectivity index (χ2v) is 5.74. The molecule has 0 atom stereocenters. The maximum Gasteiger partial charge on any atom is 0.191 e. The SMILES string of the molecule is CCNC(=NCc1ccccc1OC)NCc1cccc(N(C)C)n1. The maximum atomic E-state index is 5.38. The quantitative estimate of drug-likeness (QED) is 0.598. The Hall–Kier alpha value is -2.76. The lowest BCUT2D eigenvalue weighted by Crippen LogP contribution is -2.37. The van der Waals surface area contributed by atoms with Crippen molar-refractivity contribution in [3.8, 4) is 5.75 Å². The minimum absolute atomic E-state index is 0.546. The van der Waals surface area contributed by atoms with Crippen molar-refractivity contribution in [2.75, 3.05) is 32.6 Å². The first kappa shape index (κ1) is 18.6. The summed E-state index contributed by atoms with van der Waals surface area (Å²) in [6, 6.07) is 13.9. The van der Waals surface area contributed by atoms with Crippen molar-refractivity contribution >= 4 is 11.8 Å². The van der Waals surface area contributed by atoms with Gasteiger partial charge in [-0.15, -0.1) is 0 Å². The Morgan fingerprint density at radius 2 is 1.92 bits per heavy atom. The number of aromatic nitrogens is 1. The van der Waals surface area contributed by atoms with Gasteiger partial charge in [0.1, 0.15) is 11.6 Å². The van der Waals surface area contributed by atoms with Gasteiger partial charge in [-0.1, -0.05) is 24.3 Å². The molecule has 1 heterocycles. The zero-order chi connectivity index (χ0) is 18.1. The van der Waals surface area contributed by atoms with E-state index in [1.165, 1.54) is 0 Å². The Labute approximate surface area is 149 Å². The Morgan fingerprint density at radius 1 is 1.12 bits per heavy atom. The second kappa shape index (κ2) is 9.52. The molecule has 0 spiro atoms. The standard InChI is InChI=1S/C19H27N5O/c1-5-20-19(21-13-15-9-6-7-11-17(15)25-4)22-14-16-10-8-12-18(23-16)24(2)3/h6-12H,5,13-14H2,1-4H3,(H2,20,21,22). The highest BCUT2D eigenvalue weighted by atomic mass is 16.5. The number of pyridine rings is 1. The van der Waals surface area contributed by atoms with E-state index < -0.39 is 0 Å². The molecule has 6 nitrogen and oxygen atoms in total. The largest absolute Gasteiger partial charge is 0.496 e. The number of anilines is 1. The number of methoxy groups -OCH3 is 1. The predicted octanol–water partition coefficient (Wildman–Crippen LogP) is 2.41. The first-order chi connectivity index (χ1) is 12.1. The molecule has 0 amide bonds. The van der Waals surface area contributed by atoms with Crippen molar-refractivity contribution < 1.29 is 4.74 Å². The number of rotatable bonds is 7. The van der Waals surface area contributed by atoms with Gasteiger partial charge in [0, 0.05) is 26.2 Å². The van der Waals surface area contributed by atoms with Crippen LogP contribution >= 0.6 is 0 Å². The fraction of sp³-hybridized carbons (Fsp3) is 0.368. The average Bonchev–Trinajstić information content (AvgIpc) is 2.64. The van der Waals surface area contributed by atoms with Crippen molar-refractivity contribution in [2.45, 2.75) is 20.0 Å². The summed E-state index contributed by atoms with van der Waals surface area (Å²) in [4.78, 5) is 11.2. The summed E-state index contributed by atoms with van der Waals surface area (Å²) in [6.45, 7) is 4.00. The number of para-hydroxylation sites is 1. The van der Waals surface area contributed by atoms with E-state index in [9.17, 15) is 0 Å². The summed E-state index contributed by atoms with van der Waals surface area (Å²) in [5, 5.41) is 6.59. The van der Waals surface area contributed by atoms with Crippen molar-refractivity contribution in [3.63, 3.8) is 0 Å². The van der Waals surface area contributed by atoms with Crippen LogP contribution in [0.4, 0.5) is 5.82 Å². The van der Waals surface area contributed by atoms with Crippen molar-refractivity contribution in [3.05, 3.63) is 53.7 Å². The van der Waals surface area contributed by atoms with Crippen LogP contribution in [0.25, 0.3) is 0 Å². The molecule has 2 aromatic rings. The molecule has 25 heavy (non-hydrogen) atoms. The number of benzene rings is 1. The average molecular weight is 341 g/mol. The second-order valence-electron chi connectivity index (χ2n) is 5.74. The van der Waals surface area contributed by atoms with Gasteiger partial charge in [0.05, 0.1) is 25.9 Å². The Balaban J connectivity index is 2.04. The van der Waals surface area contributed by atoms with Crippen LogP contribution in [0, 0.1) is 0 Å². The van der Waals surface area contributed by atoms with Gasteiger partial charge < -0.3 is 20.3 Å². The summed E-state index contributed by atoms with van der Waals surface area (Å²) in [5.74, 6) is 2.54. The van der Waals surface area contributed by atoms with E-state index in [4.69, 9.17) is 4.74 Å². The molecule has 0 unspecified atom stereocenters. The van der Waals surface area contributed by atoms with Crippen molar-refractivity contribution in [2.24, 2.45) is 4.99 Å². The smallest absolute Gasteiger partial charge is 0.191 e. The van der Waals surface area contributed by atoms with E-state index in [1.54, 1.807) is 7.11 Å². The topological polar surface area (TPSA) is 61.8 Å². The third-order valence-electron chi connectivity index (χ3n) is 3.63. The van der Waals surface area contributed by atoms with E-state index in [0.29, 0.717) is 13.1 Å². The molecule has 0 saturated heterocycles. The first-order valence-electron chi connectivity index (χ1n) is 8.41. The van der Waals surface area contributed by atoms with E-state index >= 15 is 0 Å². The summed E-state index contributed by atoms with van der Waals surface area (Å²) in [6.07, 6.45) is 0. The van der Waals surface area contributed by atoms with Gasteiger partial charge in [0.15, 0.2) is 5.96 Å². The van der Waals surface area contributed by atoms with Gasteiger partial charge in [-0.05, 0) is 25.1 Å². The van der Waals surface area contributed by atoms with Gasteiger partial charge >= 0.3 is 0 Å². The third kappa shape index (κ3) is 5.67. The number of nitrogens with one attached hydrogen (secondary N) is 2. The highest BCUT2D eigenvalue weighted by Gasteiger charge is 2.04. The van der Waals surface area contributed by atoms with Gasteiger partial charge in [-0.3, -0.25) is 0 Å². The van der Waals surface area contributed by atoms with Gasteiger partial charge in [0.2, 0.25) is 0 Å². The zero-order valence-corrected chi connectivity index (χ0v) is 15.4. The molecule has 0 radical (unpaired) electrons. The van der Waals surface area contributed by atoms with Crippen LogP contribution in [0.15, 0.2) is 47.5 Å². The molecule has 2 N–H and O–H groups in total. The lowest BCUT2D eigenvalue weighted by molar-refractivity contribution is 0.410. The molecule has 0 fully saturated rings. The summed E-state index contributed by atoms with van der Waals surface area (Å²) >= 11 is 0. The van der Waals surface area contributed by atoms with Crippen LogP contribution in [-0.4, -0.2) is 38.7 Å². The van der Waals surface area contributed by atoms with Crippen LogP contribution in [0.3, 0.4) is 0 Å². The highest BCUT2D eigenvalue weighted by Crippen LogP contribution is 2.17. The number of hydrogen-bond donors (Lipinski definition) is 2. The lowest BCUT2D eigenvalue weighted by Gasteiger charge is -2.14. The Bertz CT molecular complexity index is 700. The van der Waals surface area contributed by atoms with E-state index in [0.717, 1.165) is 35.3 Å². The predicted molar refractivity (Wildman–Crippen MR) is 103 cm³/mol. The molecule has 134 valence electrons. The molecule has 0 aliphatic carbocycles. The van der Waals surface area contributed by atoms with Crippen LogP contribution in [0.5, 0.6) is 5.75 Å². The normalized spacial score (nSPS) is 11.1. The molecule has 0 aliphatic rings. The van der Waals surface area contributed by atoms with E-state index in [2.05, 4.69) is 20.6 Å². The maximum absolute atomic E-state index is 5.38. The van der Waals surface area contributed by atoms with Gasteiger partial charge in [0.25, 0.3) is 0 Å². The lowest BCUT2D eigenvalue weighted by atomic mass is 10.2. The van der Waals surface area contributed by atoms with Crippen molar-refractivity contribution in [1.29, 1.82) is 0 Å². The molecule has 1 aromatic carbocycles. The number of hydrogen-bond acceptors (Lipinski definition) is 4. The Morgan fingerprint density at radius 3 is 2.64 bits per heavy atom. The molecule has 0 bridgehead atoms. The highest BCUT2D eigenvalue weighted by molar-refractivity contribution is 5.79. The summed E-state index contributed by atoms with van der Waals surface area (Å²) < 4.78 is 5.38. The van der Waals surface area contributed by atoms with Crippen LogP contribution in [-0.2, 0) is 13.1 Å². The minimum atomic E-state index is 0.546. The van der Waals surface area contributed by atoms with E-state index in [-0.39, 0.29) is 0 Å². The van der Waals surface area contributed by atoms with E-state index in [1.807, 2.05) is 68.4 Å². The zero-order valence-electron chi connectivity index (χ0n) is 15.4. The fourth-order valence-electron chi connectivity index (χ4n) is 2.33. The first-order valence-corrected chi connectivity index (χ1v) is 8.41. The minimum Gasteiger partial charge on any atom is -0.496 e. The summed E-state index contributed by atoms with van der Waals surface area (Å²) in [5.41, 5.74) is 2.02. The van der Waals surface area contributed by atoms with Crippen LogP contribution in [0.1, 0.15) is 18.2 Å². The molecule has 2 rings (SSSR count). The summed E-state index contributed by atoms with van der Waals surface area (Å²) in [7, 11) is 5.64. The Kier molecular flexibility index (Phi) is 7.07. The monoisotopic (exact) mass is 341 g/mol. The molecule has 6 heteroatoms. The fourth-order valence-corrected chi connectivity index (χ4v) is 2.33. The van der Waals surface area contributed by atoms with Crippen LogP contribution < -0.4 is 20.3 Å².